The Morgan fingerprint density at radius 3 is 2.66 bits per heavy atom. The molecule has 0 spiro atoms. The lowest BCUT2D eigenvalue weighted by molar-refractivity contribution is -0.134. The lowest BCUT2D eigenvalue weighted by atomic mass is 9.97. The molecule has 2 N–H and O–H groups in total. The van der Waals surface area contributed by atoms with Gasteiger partial charge < -0.3 is 14.6 Å². The first-order valence-electron chi connectivity index (χ1n) is 10.5. The van der Waals surface area contributed by atoms with E-state index in [4.69, 9.17) is 11.6 Å². The number of carbonyl (C=O) groups excluding carboxylic acids is 1. The fourth-order valence-electron chi connectivity index (χ4n) is 3.97. The van der Waals surface area contributed by atoms with Gasteiger partial charge in [0.1, 0.15) is 22.7 Å². The van der Waals surface area contributed by atoms with Crippen LogP contribution in [-0.4, -0.2) is 54.6 Å². The highest BCUT2D eigenvalue weighted by atomic mass is 35.5. The summed E-state index contributed by atoms with van der Waals surface area (Å²) in [4.78, 5) is 14.9. The summed E-state index contributed by atoms with van der Waals surface area (Å²) in [5, 5.41) is 18.7. The van der Waals surface area contributed by atoms with Gasteiger partial charge in [0.05, 0.1) is 5.02 Å². The molecule has 1 saturated heterocycles. The first-order valence-corrected chi connectivity index (χ1v) is 12.3. The fourth-order valence-corrected chi connectivity index (χ4v) is 6.03. The number of sulfonamides is 1. The number of likely N-dealkylation sites (tertiary alicyclic amines) is 1. The molecule has 1 aromatic carbocycles. The molecular weight excluding hydrogens is 452 g/mol. The lowest BCUT2D eigenvalue weighted by Crippen LogP contribution is -2.51. The maximum atomic E-state index is 13.3. The van der Waals surface area contributed by atoms with Crippen molar-refractivity contribution in [2.45, 2.75) is 43.7 Å². The van der Waals surface area contributed by atoms with Crippen molar-refractivity contribution in [3.05, 3.63) is 52.8 Å². The summed E-state index contributed by atoms with van der Waals surface area (Å²) in [5.41, 5.74) is 0.918. The van der Waals surface area contributed by atoms with E-state index in [0.717, 1.165) is 0 Å². The van der Waals surface area contributed by atoms with Gasteiger partial charge in [0, 0.05) is 32.4 Å². The normalized spacial score (nSPS) is 16.0. The van der Waals surface area contributed by atoms with E-state index in [1.807, 2.05) is 0 Å². The molecule has 0 radical (unpaired) electrons. The van der Waals surface area contributed by atoms with Gasteiger partial charge in [-0.25, -0.2) is 8.42 Å². The third kappa shape index (κ3) is 5.51. The van der Waals surface area contributed by atoms with Crippen molar-refractivity contribution in [2.24, 2.45) is 5.92 Å². The van der Waals surface area contributed by atoms with Gasteiger partial charge in [-0.1, -0.05) is 23.7 Å². The number of rotatable bonds is 8. The zero-order chi connectivity index (χ0) is 23.3. The molecule has 2 heterocycles. The molecule has 1 fully saturated rings. The van der Waals surface area contributed by atoms with Gasteiger partial charge in [-0.2, -0.15) is 9.98 Å². The minimum atomic E-state index is -4.07. The number of nitrogens with zero attached hydrogens (tertiary/aromatic N) is 3. The summed E-state index contributed by atoms with van der Waals surface area (Å²) < 4.78 is 30.6. The molecule has 1 atom stereocenters. The van der Waals surface area contributed by atoms with Gasteiger partial charge in [0.25, 0.3) is 0 Å². The molecule has 8 nitrogen and oxygen atoms in total. The maximum Gasteiger partial charge on any atom is 0.243 e. The molecular formula is C22H27ClN4O4S. The Hall–Kier alpha value is -2.38. The Morgan fingerprint density at radius 2 is 2.03 bits per heavy atom. The number of carbonyl (C=O) groups is 1. The molecule has 172 valence electrons. The highest BCUT2D eigenvalue weighted by Gasteiger charge is 2.32. The van der Waals surface area contributed by atoms with Crippen LogP contribution in [0.4, 0.5) is 0 Å². The van der Waals surface area contributed by atoms with Crippen LogP contribution in [0.1, 0.15) is 30.5 Å². The molecule has 0 bridgehead atoms. The summed E-state index contributed by atoms with van der Waals surface area (Å²) in [5.74, 6) is -0.168. The molecule has 1 aliphatic heterocycles. The van der Waals surface area contributed by atoms with Gasteiger partial charge in [-0.05, 0) is 55.9 Å². The average molecular weight is 479 g/mol. The minimum Gasteiger partial charge on any atom is -0.396 e. The zero-order valence-corrected chi connectivity index (χ0v) is 19.4. The second-order valence-electron chi connectivity index (χ2n) is 8.00. The molecule has 0 saturated carbocycles. The summed E-state index contributed by atoms with van der Waals surface area (Å²) >= 11 is 6.18. The van der Waals surface area contributed by atoms with Crippen LogP contribution in [0.15, 0.2) is 41.4 Å². The van der Waals surface area contributed by atoms with Gasteiger partial charge in [-0.3, -0.25) is 4.79 Å². The zero-order valence-electron chi connectivity index (χ0n) is 17.9. The smallest absolute Gasteiger partial charge is 0.243 e. The van der Waals surface area contributed by atoms with Crippen molar-refractivity contribution < 1.29 is 18.3 Å². The molecule has 1 aliphatic rings. The van der Waals surface area contributed by atoms with E-state index in [0.29, 0.717) is 43.7 Å². The third-order valence-corrected chi connectivity index (χ3v) is 7.92. The molecule has 3 rings (SSSR count). The summed E-state index contributed by atoms with van der Waals surface area (Å²) in [6, 6.07) is 9.26. The van der Waals surface area contributed by atoms with Gasteiger partial charge >= 0.3 is 0 Å². The third-order valence-electron chi connectivity index (χ3n) is 5.82. The van der Waals surface area contributed by atoms with Crippen molar-refractivity contribution >= 4 is 27.5 Å². The van der Waals surface area contributed by atoms with E-state index >= 15 is 0 Å². The Bertz CT molecular complexity index is 1080. The number of piperidine rings is 1. The second kappa shape index (κ2) is 10.5. The maximum absolute atomic E-state index is 13.3. The number of hydrogen-bond acceptors (Lipinski definition) is 5. The van der Waals surface area contributed by atoms with Crippen LogP contribution in [0, 0.1) is 24.2 Å². The Balaban J connectivity index is 1.84. The summed E-state index contributed by atoms with van der Waals surface area (Å²) in [6.45, 7) is 2.94. The van der Waals surface area contributed by atoms with E-state index in [2.05, 4.69) is 10.8 Å². The second-order valence-corrected chi connectivity index (χ2v) is 10.1. The van der Waals surface area contributed by atoms with Crippen LogP contribution >= 0.6 is 11.6 Å². The topological polar surface area (TPSA) is 115 Å². The summed E-state index contributed by atoms with van der Waals surface area (Å²) in [6.07, 6.45) is 3.23. The quantitative estimate of drug-likeness (QED) is 0.604. The predicted octanol–water partition coefficient (Wildman–Crippen LogP) is 2.29. The van der Waals surface area contributed by atoms with Crippen LogP contribution in [0.25, 0.3) is 0 Å². The number of aryl methyl sites for hydroxylation is 2. The number of aromatic nitrogens is 1. The van der Waals surface area contributed by atoms with Crippen LogP contribution < -0.4 is 4.72 Å². The molecule has 1 amide bonds. The van der Waals surface area contributed by atoms with Crippen molar-refractivity contribution in [1.82, 2.24) is 14.2 Å². The standard InChI is InChI=1S/C22H27ClN4O4S/c1-16-4-2-6-19(23)21(16)32(30,31)25-20(9-13-26-10-3-5-18(26)14-24)22(29)27-11-7-17(15-28)8-12-27/h2-6,10,17,20,25,28H,7-9,11-13,15H2,1H3. The monoisotopic (exact) mass is 478 g/mol. The number of nitrogens with one attached hydrogen (secondary N) is 1. The first kappa shape index (κ1) is 24.3. The van der Waals surface area contributed by atoms with Crippen molar-refractivity contribution in [1.29, 1.82) is 5.26 Å². The van der Waals surface area contributed by atoms with Crippen LogP contribution in [0.5, 0.6) is 0 Å². The van der Waals surface area contributed by atoms with Crippen LogP contribution in [-0.2, 0) is 21.4 Å². The number of aliphatic hydroxyl groups excluding tert-OH is 1. The van der Waals surface area contributed by atoms with E-state index in [1.54, 1.807) is 46.9 Å². The molecule has 10 heteroatoms. The van der Waals surface area contributed by atoms with Crippen LogP contribution in [0.3, 0.4) is 0 Å². The minimum absolute atomic E-state index is 0.0443. The van der Waals surface area contributed by atoms with Crippen molar-refractivity contribution in [3.8, 4) is 6.07 Å². The van der Waals surface area contributed by atoms with Gasteiger partial charge in [-0.15, -0.1) is 0 Å². The molecule has 0 aliphatic carbocycles. The van der Waals surface area contributed by atoms with Gasteiger partial charge in [0.15, 0.2) is 0 Å². The molecule has 1 unspecified atom stereocenters. The number of benzene rings is 1. The van der Waals surface area contributed by atoms with Crippen molar-refractivity contribution in [2.75, 3.05) is 19.7 Å². The summed E-state index contributed by atoms with van der Waals surface area (Å²) in [7, 11) is -4.07. The lowest BCUT2D eigenvalue weighted by Gasteiger charge is -2.34. The van der Waals surface area contributed by atoms with E-state index < -0.39 is 16.1 Å². The Labute approximate surface area is 193 Å². The Morgan fingerprint density at radius 1 is 1.31 bits per heavy atom. The SMILES string of the molecule is Cc1cccc(Cl)c1S(=O)(=O)NC(CCn1cccc1C#N)C(=O)N1CCC(CO)CC1. The van der Waals surface area contributed by atoms with Gasteiger partial charge in [0.2, 0.25) is 15.9 Å². The van der Waals surface area contributed by atoms with E-state index in [-0.39, 0.29) is 34.8 Å². The molecule has 2 aromatic rings. The van der Waals surface area contributed by atoms with Crippen LogP contribution in [0.2, 0.25) is 5.02 Å². The highest BCUT2D eigenvalue weighted by molar-refractivity contribution is 7.89. The number of amides is 1. The van der Waals surface area contributed by atoms with E-state index in [1.165, 1.54) is 6.07 Å². The number of aliphatic hydroxyl groups is 1. The average Bonchev–Trinajstić information content (AvgIpc) is 3.23. The predicted molar refractivity (Wildman–Crippen MR) is 120 cm³/mol. The first-order chi connectivity index (χ1) is 15.3. The number of halogens is 1. The number of nitriles is 1. The number of hydrogen-bond donors (Lipinski definition) is 2. The molecule has 32 heavy (non-hydrogen) atoms. The Kier molecular flexibility index (Phi) is 7.96. The highest BCUT2D eigenvalue weighted by Crippen LogP contribution is 2.26. The largest absolute Gasteiger partial charge is 0.396 e. The molecule has 1 aromatic heterocycles. The van der Waals surface area contributed by atoms with Crippen molar-refractivity contribution in [3.63, 3.8) is 0 Å². The van der Waals surface area contributed by atoms with E-state index in [9.17, 15) is 23.6 Å². The fraction of sp³-hybridized carbons (Fsp3) is 0.455.